The third-order valence-electron chi connectivity index (χ3n) is 3.24. The molecule has 0 saturated heterocycles. The number of carbonyl (C=O) groups is 1. The molecule has 4 heteroatoms. The molecule has 0 spiro atoms. The summed E-state index contributed by atoms with van der Waals surface area (Å²) in [6.45, 7) is 7.80. The zero-order chi connectivity index (χ0) is 12.7. The van der Waals surface area contributed by atoms with Gasteiger partial charge in [0, 0.05) is 11.3 Å². The largest absolute Gasteiger partial charge is 0.465 e. The molecule has 3 atom stereocenters. The molecule has 0 aromatic heterocycles. The molecule has 3 unspecified atom stereocenters. The fraction of sp³-hybridized carbons (Fsp3) is 0.923. The highest BCUT2D eigenvalue weighted by atomic mass is 32.2. The van der Waals surface area contributed by atoms with Crippen molar-refractivity contribution in [3.8, 4) is 0 Å². The molecule has 3 nitrogen and oxygen atoms in total. The lowest BCUT2D eigenvalue weighted by molar-refractivity contribution is -0.139. The Bertz CT molecular complexity index is 235. The Hall–Kier alpha value is -0.220. The van der Waals surface area contributed by atoms with E-state index < -0.39 is 0 Å². The highest BCUT2D eigenvalue weighted by Gasteiger charge is 2.28. The molecule has 0 amide bonds. The minimum absolute atomic E-state index is 0.0778. The number of carbonyl (C=O) groups excluding carboxylic acids is 1. The molecule has 0 aromatic carbocycles. The average Bonchev–Trinajstić information content (AvgIpc) is 2.30. The Morgan fingerprint density at radius 2 is 2.18 bits per heavy atom. The summed E-state index contributed by atoms with van der Waals surface area (Å²) < 4.78 is 4.97. The molecule has 0 heterocycles. The van der Waals surface area contributed by atoms with Gasteiger partial charge in [0.05, 0.1) is 12.4 Å². The molecule has 1 fully saturated rings. The van der Waals surface area contributed by atoms with Gasteiger partial charge in [-0.05, 0) is 38.6 Å². The van der Waals surface area contributed by atoms with Crippen molar-refractivity contribution in [2.45, 2.75) is 51.3 Å². The highest BCUT2D eigenvalue weighted by molar-refractivity contribution is 8.00. The highest BCUT2D eigenvalue weighted by Crippen LogP contribution is 2.32. The van der Waals surface area contributed by atoms with E-state index in [9.17, 15) is 4.79 Å². The van der Waals surface area contributed by atoms with Crippen molar-refractivity contribution in [3.63, 3.8) is 0 Å². The van der Waals surface area contributed by atoms with Gasteiger partial charge < -0.3 is 10.1 Å². The minimum Gasteiger partial charge on any atom is -0.465 e. The van der Waals surface area contributed by atoms with Crippen LogP contribution >= 0.6 is 11.8 Å². The smallest absolute Gasteiger partial charge is 0.315 e. The number of ether oxygens (including phenoxy) is 1. The molecule has 1 rings (SSSR count). The van der Waals surface area contributed by atoms with Crippen LogP contribution in [0.2, 0.25) is 0 Å². The Balaban J connectivity index is 2.37. The molecule has 1 saturated carbocycles. The van der Waals surface area contributed by atoms with Crippen molar-refractivity contribution >= 4 is 17.7 Å². The molecule has 1 aliphatic rings. The van der Waals surface area contributed by atoms with E-state index in [1.807, 2.05) is 6.92 Å². The quantitative estimate of drug-likeness (QED) is 0.744. The van der Waals surface area contributed by atoms with Crippen LogP contribution in [0.25, 0.3) is 0 Å². The van der Waals surface area contributed by atoms with E-state index in [2.05, 4.69) is 19.2 Å². The first kappa shape index (κ1) is 14.8. The summed E-state index contributed by atoms with van der Waals surface area (Å²) in [7, 11) is 0. The van der Waals surface area contributed by atoms with Crippen molar-refractivity contribution < 1.29 is 9.53 Å². The number of rotatable bonds is 6. The maximum Gasteiger partial charge on any atom is 0.315 e. The van der Waals surface area contributed by atoms with Gasteiger partial charge in [0.1, 0.15) is 0 Å². The van der Waals surface area contributed by atoms with Gasteiger partial charge in [-0.3, -0.25) is 4.79 Å². The summed E-state index contributed by atoms with van der Waals surface area (Å²) in [6, 6.07) is 0.565. The second-order valence-corrected chi connectivity index (χ2v) is 5.96. The monoisotopic (exact) mass is 259 g/mol. The van der Waals surface area contributed by atoms with Gasteiger partial charge in [0.15, 0.2) is 0 Å². The zero-order valence-corrected chi connectivity index (χ0v) is 12.0. The molecule has 0 radical (unpaired) electrons. The van der Waals surface area contributed by atoms with Crippen molar-refractivity contribution in [3.05, 3.63) is 0 Å². The number of esters is 1. The Morgan fingerprint density at radius 1 is 1.41 bits per heavy atom. The molecule has 0 aromatic rings. The van der Waals surface area contributed by atoms with Crippen molar-refractivity contribution in [2.24, 2.45) is 5.92 Å². The fourth-order valence-corrected chi connectivity index (χ4v) is 3.75. The van der Waals surface area contributed by atoms with E-state index in [1.54, 1.807) is 11.8 Å². The summed E-state index contributed by atoms with van der Waals surface area (Å²) in [4.78, 5) is 11.4. The third-order valence-corrected chi connectivity index (χ3v) is 4.59. The molecule has 17 heavy (non-hydrogen) atoms. The van der Waals surface area contributed by atoms with E-state index in [-0.39, 0.29) is 5.97 Å². The third kappa shape index (κ3) is 5.30. The van der Waals surface area contributed by atoms with Crippen LogP contribution < -0.4 is 5.32 Å². The minimum atomic E-state index is -0.0778. The summed E-state index contributed by atoms with van der Waals surface area (Å²) >= 11 is 1.76. The normalized spacial score (nSPS) is 29.0. The lowest BCUT2D eigenvalue weighted by Crippen LogP contribution is -2.42. The SMILES string of the molecule is CCNC1CCC(C)CC1SCC(=O)OCC. The van der Waals surface area contributed by atoms with Gasteiger partial charge >= 0.3 is 5.97 Å². The molecule has 0 aliphatic heterocycles. The van der Waals surface area contributed by atoms with E-state index >= 15 is 0 Å². The fourth-order valence-electron chi connectivity index (χ4n) is 2.39. The molecular formula is C13H25NO2S. The first-order valence-electron chi connectivity index (χ1n) is 6.67. The second-order valence-electron chi connectivity index (χ2n) is 4.74. The number of nitrogens with one attached hydrogen (secondary N) is 1. The molecular weight excluding hydrogens is 234 g/mol. The standard InChI is InChI=1S/C13H25NO2S/c1-4-14-11-7-6-10(3)8-12(11)17-9-13(15)16-5-2/h10-12,14H,4-9H2,1-3H3. The topological polar surface area (TPSA) is 38.3 Å². The molecule has 1 N–H and O–H groups in total. The lowest BCUT2D eigenvalue weighted by atomic mass is 9.87. The Kier molecular flexibility index (Phi) is 6.97. The lowest BCUT2D eigenvalue weighted by Gasteiger charge is -2.34. The second kappa shape index (κ2) is 7.98. The van der Waals surface area contributed by atoms with Crippen LogP contribution in [-0.4, -0.2) is 36.2 Å². The van der Waals surface area contributed by atoms with Gasteiger partial charge in [0.2, 0.25) is 0 Å². The summed E-state index contributed by atoms with van der Waals surface area (Å²) in [5.74, 6) is 1.20. The van der Waals surface area contributed by atoms with Crippen LogP contribution in [0.1, 0.15) is 40.0 Å². The molecule has 100 valence electrons. The van der Waals surface area contributed by atoms with Crippen LogP contribution in [0.15, 0.2) is 0 Å². The van der Waals surface area contributed by atoms with E-state index in [0.717, 1.165) is 12.5 Å². The average molecular weight is 259 g/mol. The predicted molar refractivity (Wildman–Crippen MR) is 73.4 cm³/mol. The van der Waals surface area contributed by atoms with Crippen molar-refractivity contribution in [2.75, 3.05) is 18.9 Å². The first-order valence-corrected chi connectivity index (χ1v) is 7.72. The van der Waals surface area contributed by atoms with Crippen LogP contribution in [-0.2, 0) is 9.53 Å². The first-order chi connectivity index (χ1) is 8.17. The van der Waals surface area contributed by atoms with E-state index in [4.69, 9.17) is 4.74 Å². The van der Waals surface area contributed by atoms with Crippen molar-refractivity contribution in [1.82, 2.24) is 5.32 Å². The maximum absolute atomic E-state index is 11.4. The summed E-state index contributed by atoms with van der Waals surface area (Å²) in [6.07, 6.45) is 3.74. The number of thioether (sulfide) groups is 1. The van der Waals surface area contributed by atoms with E-state index in [0.29, 0.717) is 23.7 Å². The number of hydrogen-bond acceptors (Lipinski definition) is 4. The van der Waals surface area contributed by atoms with Gasteiger partial charge in [-0.25, -0.2) is 0 Å². The van der Waals surface area contributed by atoms with Gasteiger partial charge in [0.25, 0.3) is 0 Å². The van der Waals surface area contributed by atoms with Crippen LogP contribution in [0, 0.1) is 5.92 Å². The van der Waals surface area contributed by atoms with Crippen LogP contribution in [0.4, 0.5) is 0 Å². The van der Waals surface area contributed by atoms with Gasteiger partial charge in [-0.1, -0.05) is 13.8 Å². The zero-order valence-electron chi connectivity index (χ0n) is 11.2. The van der Waals surface area contributed by atoms with E-state index in [1.165, 1.54) is 19.3 Å². The maximum atomic E-state index is 11.4. The van der Waals surface area contributed by atoms with Crippen LogP contribution in [0.3, 0.4) is 0 Å². The predicted octanol–water partition coefficient (Wildman–Crippen LogP) is 2.45. The van der Waals surface area contributed by atoms with Gasteiger partial charge in [-0.2, -0.15) is 0 Å². The molecule has 1 aliphatic carbocycles. The summed E-state index contributed by atoms with van der Waals surface area (Å²) in [5.41, 5.74) is 0. The van der Waals surface area contributed by atoms with Gasteiger partial charge in [-0.15, -0.1) is 11.8 Å². The number of hydrogen-bond donors (Lipinski definition) is 1. The Morgan fingerprint density at radius 3 is 2.82 bits per heavy atom. The Labute approximate surface area is 109 Å². The van der Waals surface area contributed by atoms with Crippen LogP contribution in [0.5, 0.6) is 0 Å². The molecule has 0 bridgehead atoms. The summed E-state index contributed by atoms with van der Waals surface area (Å²) in [5, 5.41) is 4.10. The van der Waals surface area contributed by atoms with Crippen molar-refractivity contribution in [1.29, 1.82) is 0 Å².